The van der Waals surface area contributed by atoms with Gasteiger partial charge < -0.3 is 9.73 Å². The molecule has 148 valence electrons. The van der Waals surface area contributed by atoms with Gasteiger partial charge in [0, 0.05) is 30.1 Å². The Labute approximate surface area is 175 Å². The summed E-state index contributed by atoms with van der Waals surface area (Å²) in [5, 5.41) is 14.0. The van der Waals surface area contributed by atoms with E-state index >= 15 is 0 Å². The smallest absolute Gasteiger partial charge is 0.270 e. The number of hydrogen-bond acceptors (Lipinski definition) is 6. The fraction of sp³-hybridized carbons (Fsp3) is 0. The number of nitrogens with one attached hydrogen (secondary N) is 1. The molecule has 0 radical (unpaired) electrons. The summed E-state index contributed by atoms with van der Waals surface area (Å²) in [4.78, 5) is 31.1. The highest BCUT2D eigenvalue weighted by molar-refractivity contribution is 6.33. The first-order chi connectivity index (χ1) is 14.5. The number of anilines is 1. The number of nitro groups is 1. The van der Waals surface area contributed by atoms with Crippen LogP contribution < -0.4 is 5.32 Å². The number of rotatable bonds is 5. The van der Waals surface area contributed by atoms with Gasteiger partial charge in [-0.1, -0.05) is 23.7 Å². The Morgan fingerprint density at radius 3 is 2.83 bits per heavy atom. The maximum atomic E-state index is 12.3. The Morgan fingerprint density at radius 1 is 1.17 bits per heavy atom. The van der Waals surface area contributed by atoms with E-state index in [9.17, 15) is 14.9 Å². The van der Waals surface area contributed by atoms with Crippen molar-refractivity contribution in [3.63, 3.8) is 0 Å². The third-order valence-electron chi connectivity index (χ3n) is 4.14. The Bertz CT molecular complexity index is 1270. The zero-order valence-electron chi connectivity index (χ0n) is 15.3. The standard InChI is InChI=1S/C21H13ClN4O4/c22-17-8-7-14(12-16(17)21-25-20-18(30-21)5-2-10-23-20)24-19(27)9-6-13-3-1-4-15(11-13)26(28)29/h1-12H,(H,24,27). The Morgan fingerprint density at radius 2 is 2.03 bits per heavy atom. The Balaban J connectivity index is 1.53. The fourth-order valence-corrected chi connectivity index (χ4v) is 2.95. The van der Waals surface area contributed by atoms with E-state index in [4.69, 9.17) is 16.0 Å². The summed E-state index contributed by atoms with van der Waals surface area (Å²) in [6.07, 6.45) is 4.39. The van der Waals surface area contributed by atoms with E-state index in [2.05, 4.69) is 15.3 Å². The number of carbonyl (C=O) groups excluding carboxylic acids is 1. The number of aromatic nitrogens is 2. The van der Waals surface area contributed by atoms with Crippen molar-refractivity contribution >= 4 is 46.2 Å². The number of carbonyl (C=O) groups is 1. The minimum atomic E-state index is -0.492. The molecule has 0 aliphatic carbocycles. The summed E-state index contributed by atoms with van der Waals surface area (Å²) in [6.45, 7) is 0. The van der Waals surface area contributed by atoms with E-state index in [0.717, 1.165) is 0 Å². The van der Waals surface area contributed by atoms with Crippen LogP contribution >= 0.6 is 11.6 Å². The van der Waals surface area contributed by atoms with Gasteiger partial charge in [0.2, 0.25) is 11.8 Å². The maximum Gasteiger partial charge on any atom is 0.270 e. The van der Waals surface area contributed by atoms with Crippen molar-refractivity contribution in [2.24, 2.45) is 0 Å². The average molecular weight is 421 g/mol. The Hall–Kier alpha value is -4.04. The number of hydrogen-bond donors (Lipinski definition) is 1. The molecule has 4 rings (SSSR count). The molecule has 8 nitrogen and oxygen atoms in total. The largest absolute Gasteiger partial charge is 0.434 e. The minimum absolute atomic E-state index is 0.0484. The van der Waals surface area contributed by atoms with E-state index in [1.165, 1.54) is 24.3 Å². The highest BCUT2D eigenvalue weighted by Gasteiger charge is 2.13. The quantitative estimate of drug-likeness (QED) is 0.273. The van der Waals surface area contributed by atoms with E-state index in [1.807, 2.05) is 0 Å². The molecule has 0 aliphatic heterocycles. The number of fused-ring (bicyclic) bond motifs is 1. The van der Waals surface area contributed by atoms with Crippen LogP contribution in [0.5, 0.6) is 0 Å². The average Bonchev–Trinajstić information content (AvgIpc) is 3.18. The van der Waals surface area contributed by atoms with Crippen molar-refractivity contribution in [1.29, 1.82) is 0 Å². The van der Waals surface area contributed by atoms with Gasteiger partial charge in [0.05, 0.1) is 15.5 Å². The lowest BCUT2D eigenvalue weighted by Gasteiger charge is -2.05. The molecule has 2 aromatic heterocycles. The van der Waals surface area contributed by atoms with Crippen LogP contribution in [-0.4, -0.2) is 20.8 Å². The molecular formula is C21H13ClN4O4. The van der Waals surface area contributed by atoms with Gasteiger partial charge in [-0.3, -0.25) is 14.9 Å². The van der Waals surface area contributed by atoms with Crippen LogP contribution in [0.25, 0.3) is 28.8 Å². The fourth-order valence-electron chi connectivity index (χ4n) is 2.75. The van der Waals surface area contributed by atoms with Crippen molar-refractivity contribution in [2.45, 2.75) is 0 Å². The molecule has 0 atom stereocenters. The molecule has 0 fully saturated rings. The molecule has 30 heavy (non-hydrogen) atoms. The Kier molecular flexibility index (Phi) is 5.23. The van der Waals surface area contributed by atoms with Gasteiger partial charge >= 0.3 is 0 Å². The second-order valence-electron chi connectivity index (χ2n) is 6.21. The van der Waals surface area contributed by atoms with Gasteiger partial charge in [-0.25, -0.2) is 4.98 Å². The highest BCUT2D eigenvalue weighted by atomic mass is 35.5. The number of non-ortho nitro benzene ring substituents is 1. The molecule has 0 bridgehead atoms. The second kappa shape index (κ2) is 8.14. The highest BCUT2D eigenvalue weighted by Crippen LogP contribution is 2.31. The molecule has 2 aromatic carbocycles. The molecule has 9 heteroatoms. The summed E-state index contributed by atoms with van der Waals surface area (Å²) in [6, 6.07) is 14.4. The molecule has 4 aromatic rings. The first-order valence-corrected chi connectivity index (χ1v) is 9.12. The second-order valence-corrected chi connectivity index (χ2v) is 6.62. The van der Waals surface area contributed by atoms with Gasteiger partial charge in [-0.05, 0) is 42.0 Å². The molecule has 1 N–H and O–H groups in total. The molecule has 0 spiro atoms. The van der Waals surface area contributed by atoms with Crippen LogP contribution in [0, 0.1) is 10.1 Å². The number of amides is 1. The number of pyridine rings is 1. The van der Waals surface area contributed by atoms with Crippen LogP contribution in [0.1, 0.15) is 5.56 Å². The predicted octanol–water partition coefficient (Wildman–Crippen LogP) is 5.10. The van der Waals surface area contributed by atoms with E-state index in [1.54, 1.807) is 48.7 Å². The molecule has 0 aliphatic rings. The van der Waals surface area contributed by atoms with Gasteiger partial charge in [0.15, 0.2) is 11.2 Å². The number of nitrogens with zero attached hydrogens (tertiary/aromatic N) is 3. The van der Waals surface area contributed by atoms with Crippen molar-refractivity contribution in [3.8, 4) is 11.5 Å². The number of nitro benzene ring substituents is 1. The predicted molar refractivity (Wildman–Crippen MR) is 113 cm³/mol. The van der Waals surface area contributed by atoms with Crippen molar-refractivity contribution in [2.75, 3.05) is 5.32 Å². The monoisotopic (exact) mass is 420 g/mol. The molecule has 0 unspecified atom stereocenters. The van der Waals surface area contributed by atoms with Gasteiger partial charge in [-0.2, -0.15) is 4.98 Å². The molecular weight excluding hydrogens is 408 g/mol. The van der Waals surface area contributed by atoms with Crippen LogP contribution in [0.15, 0.2) is 71.3 Å². The van der Waals surface area contributed by atoms with Gasteiger partial charge in [-0.15, -0.1) is 0 Å². The summed E-state index contributed by atoms with van der Waals surface area (Å²) in [5.74, 6) is -0.119. The van der Waals surface area contributed by atoms with Crippen LogP contribution in [-0.2, 0) is 4.79 Å². The van der Waals surface area contributed by atoms with Crippen LogP contribution in [0.3, 0.4) is 0 Å². The molecule has 0 saturated carbocycles. The summed E-state index contributed by atoms with van der Waals surface area (Å²) in [5.41, 5.74) is 2.46. The zero-order chi connectivity index (χ0) is 21.1. The lowest BCUT2D eigenvalue weighted by atomic mass is 10.2. The normalized spacial score (nSPS) is 11.1. The van der Waals surface area contributed by atoms with E-state index in [-0.39, 0.29) is 11.6 Å². The number of benzene rings is 2. The van der Waals surface area contributed by atoms with Crippen LogP contribution in [0.2, 0.25) is 5.02 Å². The summed E-state index contributed by atoms with van der Waals surface area (Å²) < 4.78 is 5.69. The first-order valence-electron chi connectivity index (χ1n) is 8.74. The van der Waals surface area contributed by atoms with E-state index in [0.29, 0.717) is 33.1 Å². The van der Waals surface area contributed by atoms with Crippen molar-refractivity contribution < 1.29 is 14.1 Å². The van der Waals surface area contributed by atoms with Crippen molar-refractivity contribution in [3.05, 3.63) is 87.6 Å². The topological polar surface area (TPSA) is 111 Å². The molecule has 1 amide bonds. The third kappa shape index (κ3) is 4.18. The maximum absolute atomic E-state index is 12.3. The molecule has 0 saturated heterocycles. The summed E-state index contributed by atoms with van der Waals surface area (Å²) >= 11 is 6.27. The molecule has 2 heterocycles. The van der Waals surface area contributed by atoms with E-state index < -0.39 is 10.8 Å². The number of halogens is 1. The summed E-state index contributed by atoms with van der Waals surface area (Å²) in [7, 11) is 0. The van der Waals surface area contributed by atoms with Crippen molar-refractivity contribution in [1.82, 2.24) is 9.97 Å². The SMILES string of the molecule is O=C(C=Cc1cccc([N+](=O)[O-])c1)Nc1ccc(Cl)c(-c2nc3ncccc3o2)c1. The van der Waals surface area contributed by atoms with Gasteiger partial charge in [0.1, 0.15) is 0 Å². The van der Waals surface area contributed by atoms with Crippen LogP contribution in [0.4, 0.5) is 11.4 Å². The minimum Gasteiger partial charge on any atom is -0.434 e. The number of oxazole rings is 1. The lowest BCUT2D eigenvalue weighted by molar-refractivity contribution is -0.384. The van der Waals surface area contributed by atoms with Gasteiger partial charge in [0.25, 0.3) is 5.69 Å². The lowest BCUT2D eigenvalue weighted by Crippen LogP contribution is -2.07. The first kappa shape index (κ1) is 19.3. The zero-order valence-corrected chi connectivity index (χ0v) is 16.0. The third-order valence-corrected chi connectivity index (χ3v) is 4.47.